The quantitative estimate of drug-likeness (QED) is 0.571. The van der Waals surface area contributed by atoms with E-state index in [2.05, 4.69) is 43.1 Å². The van der Waals surface area contributed by atoms with Gasteiger partial charge in [-0.15, -0.1) is 22.9 Å². The predicted octanol–water partition coefficient (Wildman–Crippen LogP) is 5.73. The molecule has 0 aliphatic carbocycles. The molecular weight excluding hydrogens is 312 g/mol. The van der Waals surface area contributed by atoms with E-state index in [1.165, 1.54) is 5.56 Å². The summed E-state index contributed by atoms with van der Waals surface area (Å²) in [4.78, 5) is 9.96. The van der Waals surface area contributed by atoms with Crippen LogP contribution < -0.4 is 0 Å². The fourth-order valence-corrected chi connectivity index (χ4v) is 3.54. The number of halogens is 1. The summed E-state index contributed by atoms with van der Waals surface area (Å²) in [5.41, 5.74) is 4.52. The molecule has 2 aromatic heterocycles. The van der Waals surface area contributed by atoms with E-state index in [4.69, 9.17) is 16.6 Å². The molecule has 4 heteroatoms. The van der Waals surface area contributed by atoms with Crippen LogP contribution in [0.25, 0.3) is 21.8 Å². The maximum atomic E-state index is 6.12. The molecule has 0 bridgehead atoms. The first kappa shape index (κ1) is 15.2. The molecule has 0 saturated carbocycles. The van der Waals surface area contributed by atoms with Crippen molar-refractivity contribution in [1.82, 2.24) is 9.97 Å². The van der Waals surface area contributed by atoms with Gasteiger partial charge < -0.3 is 0 Å². The molecule has 0 fully saturated rings. The molecule has 0 atom stereocenters. The third kappa shape index (κ3) is 3.06. The number of pyridine rings is 1. The molecule has 2 nitrogen and oxygen atoms in total. The van der Waals surface area contributed by atoms with Crippen molar-refractivity contribution >= 4 is 22.9 Å². The molecule has 0 unspecified atom stereocenters. The van der Waals surface area contributed by atoms with E-state index in [9.17, 15) is 0 Å². The second-order valence-electron chi connectivity index (χ2n) is 5.44. The largest absolute Gasteiger partial charge is 0.265 e. The van der Waals surface area contributed by atoms with Crippen LogP contribution in [0.15, 0.2) is 48.8 Å². The molecule has 0 aliphatic rings. The van der Waals surface area contributed by atoms with E-state index in [-0.39, 0.29) is 0 Å². The molecule has 0 radical (unpaired) electrons. The Morgan fingerprint density at radius 3 is 2.27 bits per heavy atom. The van der Waals surface area contributed by atoms with Crippen molar-refractivity contribution in [1.29, 1.82) is 0 Å². The second-order valence-corrected chi connectivity index (χ2v) is 6.79. The molecule has 3 aromatic rings. The number of benzene rings is 1. The van der Waals surface area contributed by atoms with Crippen LogP contribution in [0.3, 0.4) is 0 Å². The second kappa shape index (κ2) is 6.59. The Bertz CT molecular complexity index is 749. The third-order valence-electron chi connectivity index (χ3n) is 3.60. The van der Waals surface area contributed by atoms with Crippen molar-refractivity contribution in [3.8, 4) is 21.8 Å². The van der Waals surface area contributed by atoms with Gasteiger partial charge in [0.05, 0.1) is 11.6 Å². The lowest BCUT2D eigenvalue weighted by atomic mass is 10.0. The molecule has 0 aliphatic heterocycles. The highest BCUT2D eigenvalue weighted by molar-refractivity contribution is 7.15. The summed E-state index contributed by atoms with van der Waals surface area (Å²) in [5.74, 6) is 1.01. The van der Waals surface area contributed by atoms with Gasteiger partial charge in [0.25, 0.3) is 0 Å². The Morgan fingerprint density at radius 2 is 1.68 bits per heavy atom. The van der Waals surface area contributed by atoms with Gasteiger partial charge in [0, 0.05) is 28.4 Å². The maximum Gasteiger partial charge on any atom is 0.124 e. The van der Waals surface area contributed by atoms with Crippen LogP contribution in [0, 0.1) is 0 Å². The summed E-state index contributed by atoms with van der Waals surface area (Å²) in [6, 6.07) is 12.6. The first-order valence-corrected chi connectivity index (χ1v) is 8.60. The Morgan fingerprint density at radius 1 is 1.00 bits per heavy atom. The van der Waals surface area contributed by atoms with Gasteiger partial charge in [-0.1, -0.05) is 38.1 Å². The van der Waals surface area contributed by atoms with E-state index < -0.39 is 0 Å². The molecule has 0 N–H and O–H groups in total. The number of aromatic nitrogens is 2. The van der Waals surface area contributed by atoms with Crippen molar-refractivity contribution in [2.24, 2.45) is 0 Å². The maximum absolute atomic E-state index is 6.12. The fourth-order valence-electron chi connectivity index (χ4n) is 2.31. The molecule has 3 rings (SSSR count). The third-order valence-corrected chi connectivity index (χ3v) is 5.13. The highest BCUT2D eigenvalue weighted by Crippen LogP contribution is 2.35. The lowest BCUT2D eigenvalue weighted by Gasteiger charge is -2.06. The van der Waals surface area contributed by atoms with E-state index in [1.807, 2.05) is 12.1 Å². The number of alkyl halides is 1. The zero-order valence-corrected chi connectivity index (χ0v) is 14.2. The van der Waals surface area contributed by atoms with Gasteiger partial charge in [-0.3, -0.25) is 4.98 Å². The van der Waals surface area contributed by atoms with Crippen molar-refractivity contribution in [3.63, 3.8) is 0 Å². The van der Waals surface area contributed by atoms with Gasteiger partial charge >= 0.3 is 0 Å². The first-order valence-electron chi connectivity index (χ1n) is 7.25. The zero-order valence-electron chi connectivity index (χ0n) is 12.6. The summed E-state index contributed by atoms with van der Waals surface area (Å²) in [6.45, 7) is 4.40. The van der Waals surface area contributed by atoms with Crippen LogP contribution in [0.4, 0.5) is 0 Å². The molecule has 0 amide bonds. The minimum absolute atomic E-state index is 0.476. The number of rotatable bonds is 4. The average molecular weight is 329 g/mol. The zero-order chi connectivity index (χ0) is 15.5. The Kier molecular flexibility index (Phi) is 4.55. The van der Waals surface area contributed by atoms with Crippen molar-refractivity contribution < 1.29 is 0 Å². The molecular formula is C18H17ClN2S. The number of nitrogens with zero attached hydrogens (tertiary/aromatic N) is 2. The minimum atomic E-state index is 0.476. The highest BCUT2D eigenvalue weighted by Gasteiger charge is 2.14. The van der Waals surface area contributed by atoms with E-state index in [0.717, 1.165) is 26.7 Å². The van der Waals surface area contributed by atoms with E-state index in [0.29, 0.717) is 11.8 Å². The molecule has 112 valence electrons. The van der Waals surface area contributed by atoms with Crippen LogP contribution in [0.5, 0.6) is 0 Å². The van der Waals surface area contributed by atoms with Crippen molar-refractivity contribution in [2.45, 2.75) is 25.6 Å². The first-order chi connectivity index (χ1) is 10.7. The average Bonchev–Trinajstić information content (AvgIpc) is 3.00. The minimum Gasteiger partial charge on any atom is -0.265 e. The monoisotopic (exact) mass is 328 g/mol. The topological polar surface area (TPSA) is 25.8 Å². The molecule has 0 saturated heterocycles. The number of hydrogen-bond donors (Lipinski definition) is 0. The van der Waals surface area contributed by atoms with Gasteiger partial charge in [-0.05, 0) is 23.6 Å². The van der Waals surface area contributed by atoms with Gasteiger partial charge in [0.15, 0.2) is 0 Å². The smallest absolute Gasteiger partial charge is 0.124 e. The molecule has 0 spiro atoms. The van der Waals surface area contributed by atoms with Crippen LogP contribution in [0.1, 0.15) is 30.2 Å². The summed E-state index contributed by atoms with van der Waals surface area (Å²) in [6.07, 6.45) is 3.57. The summed E-state index contributed by atoms with van der Waals surface area (Å²) in [5, 5.41) is 0.987. The predicted molar refractivity (Wildman–Crippen MR) is 94.4 cm³/mol. The van der Waals surface area contributed by atoms with Crippen LogP contribution in [-0.2, 0) is 5.88 Å². The fraction of sp³-hybridized carbons (Fsp3) is 0.222. The van der Waals surface area contributed by atoms with Gasteiger partial charge in [0.2, 0.25) is 0 Å². The lowest BCUT2D eigenvalue weighted by Crippen LogP contribution is -1.88. The highest BCUT2D eigenvalue weighted by atomic mass is 35.5. The summed E-state index contributed by atoms with van der Waals surface area (Å²) < 4.78 is 0. The van der Waals surface area contributed by atoms with Crippen LogP contribution >= 0.6 is 22.9 Å². The standard InChI is InChI=1S/C18H17ClN2S/c1-12(2)13-3-5-14(6-4-13)17-16(11-19)22-18(21-17)15-7-9-20-10-8-15/h3-10,12H,11H2,1-2H3. The molecule has 22 heavy (non-hydrogen) atoms. The number of hydrogen-bond acceptors (Lipinski definition) is 3. The van der Waals surface area contributed by atoms with Crippen molar-refractivity contribution in [3.05, 3.63) is 59.2 Å². The van der Waals surface area contributed by atoms with Crippen LogP contribution in [-0.4, -0.2) is 9.97 Å². The van der Waals surface area contributed by atoms with E-state index >= 15 is 0 Å². The normalized spacial score (nSPS) is 11.1. The lowest BCUT2D eigenvalue weighted by molar-refractivity contribution is 0.867. The SMILES string of the molecule is CC(C)c1ccc(-c2nc(-c3ccncc3)sc2CCl)cc1. The van der Waals surface area contributed by atoms with Gasteiger partial charge in [0.1, 0.15) is 5.01 Å². The Labute approximate surface area is 139 Å². The van der Waals surface area contributed by atoms with Gasteiger partial charge in [-0.25, -0.2) is 4.98 Å². The summed E-state index contributed by atoms with van der Waals surface area (Å²) >= 11 is 7.77. The molecule has 2 heterocycles. The van der Waals surface area contributed by atoms with Crippen LogP contribution in [0.2, 0.25) is 0 Å². The number of thiazole rings is 1. The van der Waals surface area contributed by atoms with E-state index in [1.54, 1.807) is 23.7 Å². The van der Waals surface area contributed by atoms with Crippen molar-refractivity contribution in [2.75, 3.05) is 0 Å². The molecule has 1 aromatic carbocycles. The Balaban J connectivity index is 2.01. The Hall–Kier alpha value is -1.71. The van der Waals surface area contributed by atoms with Gasteiger partial charge in [-0.2, -0.15) is 0 Å². The summed E-state index contributed by atoms with van der Waals surface area (Å²) in [7, 11) is 0.